The van der Waals surface area contributed by atoms with Gasteiger partial charge in [-0.15, -0.1) is 0 Å². The maximum atomic E-state index is 14.0. The van der Waals surface area contributed by atoms with Gasteiger partial charge in [-0.2, -0.15) is 0 Å². The van der Waals surface area contributed by atoms with Crippen molar-refractivity contribution < 1.29 is 23.6 Å². The molecule has 26 heavy (non-hydrogen) atoms. The van der Waals surface area contributed by atoms with Crippen LogP contribution in [0.2, 0.25) is 5.02 Å². The first-order valence-corrected chi connectivity index (χ1v) is 8.76. The lowest BCUT2D eigenvalue weighted by Crippen LogP contribution is -2.53. The van der Waals surface area contributed by atoms with E-state index < -0.39 is 11.9 Å². The number of halogens is 2. The number of carbonyl (C=O) groups excluding carboxylic acids is 2. The van der Waals surface area contributed by atoms with Crippen molar-refractivity contribution in [3.8, 4) is 0 Å². The van der Waals surface area contributed by atoms with Gasteiger partial charge in [0.1, 0.15) is 5.82 Å². The van der Waals surface area contributed by atoms with Crippen molar-refractivity contribution in [1.29, 1.82) is 0 Å². The Morgan fingerprint density at radius 1 is 1.31 bits per heavy atom. The number of carbonyl (C=O) groups is 2. The highest BCUT2D eigenvalue weighted by atomic mass is 35.5. The molecule has 140 valence electrons. The molecule has 0 aromatic heterocycles. The molecule has 0 aliphatic carbocycles. The molecule has 2 aliphatic rings. The van der Waals surface area contributed by atoms with E-state index in [1.165, 1.54) is 12.1 Å². The van der Waals surface area contributed by atoms with Gasteiger partial charge in [0.05, 0.1) is 22.9 Å². The summed E-state index contributed by atoms with van der Waals surface area (Å²) < 4.78 is 19.0. The highest BCUT2D eigenvalue weighted by molar-refractivity contribution is 6.34. The van der Waals surface area contributed by atoms with Crippen LogP contribution >= 0.6 is 11.6 Å². The molecule has 2 heterocycles. The summed E-state index contributed by atoms with van der Waals surface area (Å²) in [5.74, 6) is -0.740. The summed E-state index contributed by atoms with van der Waals surface area (Å²) in [4.78, 5) is 32.7. The number of piperazine rings is 1. The number of ether oxygens (including phenoxy) is 1. The highest BCUT2D eigenvalue weighted by Gasteiger charge is 2.35. The molecule has 3 rings (SSSR count). The fourth-order valence-electron chi connectivity index (χ4n) is 2.96. The third-order valence-corrected chi connectivity index (χ3v) is 4.63. The molecule has 0 bridgehead atoms. The molecular weight excluding hydrogens is 365 g/mol. The number of hydrogen-bond acceptors (Lipinski definition) is 5. The molecule has 1 aromatic rings. The van der Waals surface area contributed by atoms with Gasteiger partial charge in [-0.25, -0.2) is 9.18 Å². The molecule has 2 aliphatic heterocycles. The van der Waals surface area contributed by atoms with Gasteiger partial charge in [0.2, 0.25) is 6.10 Å². The number of oxime groups is 1. The van der Waals surface area contributed by atoms with Crippen molar-refractivity contribution in [3.63, 3.8) is 0 Å². The van der Waals surface area contributed by atoms with Gasteiger partial charge >= 0.3 is 6.09 Å². The van der Waals surface area contributed by atoms with E-state index in [2.05, 4.69) is 5.16 Å². The second kappa shape index (κ2) is 7.90. The van der Waals surface area contributed by atoms with Gasteiger partial charge in [0.25, 0.3) is 5.91 Å². The van der Waals surface area contributed by atoms with Crippen molar-refractivity contribution in [2.75, 3.05) is 32.8 Å². The predicted molar refractivity (Wildman–Crippen MR) is 92.6 cm³/mol. The maximum absolute atomic E-state index is 14.0. The molecule has 0 radical (unpaired) electrons. The molecule has 1 saturated heterocycles. The van der Waals surface area contributed by atoms with Crippen molar-refractivity contribution in [2.45, 2.75) is 19.4 Å². The van der Waals surface area contributed by atoms with Crippen molar-refractivity contribution in [1.82, 2.24) is 9.80 Å². The summed E-state index contributed by atoms with van der Waals surface area (Å²) in [6.45, 7) is 3.61. The number of amides is 2. The van der Waals surface area contributed by atoms with Gasteiger partial charge in [-0.05, 0) is 19.1 Å². The normalized spacial score (nSPS) is 19.8. The summed E-state index contributed by atoms with van der Waals surface area (Å²) in [5.41, 5.74) is 0.480. The van der Waals surface area contributed by atoms with Crippen LogP contribution in [-0.4, -0.2) is 66.4 Å². The Morgan fingerprint density at radius 3 is 2.65 bits per heavy atom. The predicted octanol–water partition coefficient (Wildman–Crippen LogP) is 2.27. The van der Waals surface area contributed by atoms with E-state index in [-0.39, 0.29) is 29.0 Å². The zero-order chi connectivity index (χ0) is 18.7. The van der Waals surface area contributed by atoms with E-state index in [0.717, 1.165) is 0 Å². The zero-order valence-electron chi connectivity index (χ0n) is 14.3. The summed E-state index contributed by atoms with van der Waals surface area (Å²) in [6.07, 6.45) is -1.04. The minimum atomic E-state index is -0.810. The molecule has 0 spiro atoms. The van der Waals surface area contributed by atoms with Crippen molar-refractivity contribution in [3.05, 3.63) is 34.6 Å². The largest absolute Gasteiger partial charge is 0.450 e. The quantitative estimate of drug-likeness (QED) is 0.802. The standard InChI is InChI=1S/C17H19ClFN3O4/c1-2-25-17(24)22-8-6-21(7-9-22)16(23)14-10-13(20-26-14)15-11(18)4-3-5-12(15)19/h3-5,14H,2,6-10H2,1H3. The minimum absolute atomic E-state index is 0.150. The van der Waals surface area contributed by atoms with Gasteiger partial charge in [-0.3, -0.25) is 4.79 Å². The summed E-state index contributed by atoms with van der Waals surface area (Å²) in [7, 11) is 0. The average molecular weight is 384 g/mol. The molecule has 1 unspecified atom stereocenters. The van der Waals surface area contributed by atoms with Crippen LogP contribution in [-0.2, 0) is 14.4 Å². The number of nitrogens with zero attached hydrogens (tertiary/aromatic N) is 3. The van der Waals surface area contributed by atoms with Crippen LogP contribution in [0.5, 0.6) is 0 Å². The molecule has 1 atom stereocenters. The van der Waals surface area contributed by atoms with Gasteiger partial charge < -0.3 is 19.4 Å². The minimum Gasteiger partial charge on any atom is -0.450 e. The fraction of sp³-hybridized carbons (Fsp3) is 0.471. The third-order valence-electron chi connectivity index (χ3n) is 4.31. The number of rotatable bonds is 3. The highest BCUT2D eigenvalue weighted by Crippen LogP contribution is 2.26. The molecule has 1 fully saturated rings. The lowest BCUT2D eigenvalue weighted by Gasteiger charge is -2.34. The first kappa shape index (κ1) is 18.4. The molecule has 2 amide bonds. The SMILES string of the molecule is CCOC(=O)N1CCN(C(=O)C2CC(c3c(F)cccc3Cl)=NO2)CC1. The Labute approximate surface area is 155 Å². The summed E-state index contributed by atoms with van der Waals surface area (Å²) in [5, 5.41) is 4.08. The van der Waals surface area contributed by atoms with E-state index in [1.807, 2.05) is 0 Å². The monoisotopic (exact) mass is 383 g/mol. The van der Waals surface area contributed by atoms with Crippen molar-refractivity contribution >= 4 is 29.3 Å². The average Bonchev–Trinajstić information content (AvgIpc) is 3.11. The van der Waals surface area contributed by atoms with Crippen LogP contribution in [0.1, 0.15) is 18.9 Å². The van der Waals surface area contributed by atoms with Crippen LogP contribution in [0, 0.1) is 5.82 Å². The summed E-state index contributed by atoms with van der Waals surface area (Å²) in [6, 6.07) is 4.35. The van der Waals surface area contributed by atoms with E-state index in [9.17, 15) is 14.0 Å². The topological polar surface area (TPSA) is 71.4 Å². The molecule has 0 saturated carbocycles. The van der Waals surface area contributed by atoms with Gasteiger partial charge in [0, 0.05) is 32.6 Å². The van der Waals surface area contributed by atoms with Gasteiger partial charge in [-0.1, -0.05) is 22.8 Å². The van der Waals surface area contributed by atoms with E-state index in [0.29, 0.717) is 38.5 Å². The smallest absolute Gasteiger partial charge is 0.409 e. The van der Waals surface area contributed by atoms with Crippen molar-refractivity contribution in [2.24, 2.45) is 5.16 Å². The Hall–Kier alpha value is -2.35. The van der Waals surface area contributed by atoms with Crippen LogP contribution in [0.15, 0.2) is 23.4 Å². The Bertz CT molecular complexity index is 714. The first-order valence-electron chi connectivity index (χ1n) is 8.38. The Kier molecular flexibility index (Phi) is 5.61. The lowest BCUT2D eigenvalue weighted by molar-refractivity contribution is -0.143. The van der Waals surface area contributed by atoms with Gasteiger partial charge in [0.15, 0.2) is 0 Å². The fourth-order valence-corrected chi connectivity index (χ4v) is 3.23. The lowest BCUT2D eigenvalue weighted by atomic mass is 10.0. The van der Waals surface area contributed by atoms with Crippen LogP contribution in [0.4, 0.5) is 9.18 Å². The first-order chi connectivity index (χ1) is 12.5. The second-order valence-electron chi connectivity index (χ2n) is 5.94. The molecule has 9 heteroatoms. The Balaban J connectivity index is 1.57. The zero-order valence-corrected chi connectivity index (χ0v) is 15.0. The summed E-state index contributed by atoms with van der Waals surface area (Å²) >= 11 is 6.04. The molecular formula is C17H19ClFN3O4. The molecule has 1 aromatic carbocycles. The van der Waals surface area contributed by atoms with E-state index in [4.69, 9.17) is 21.2 Å². The van der Waals surface area contributed by atoms with Crippen LogP contribution in [0.25, 0.3) is 0 Å². The van der Waals surface area contributed by atoms with E-state index in [1.54, 1.807) is 22.8 Å². The van der Waals surface area contributed by atoms with Crippen LogP contribution in [0.3, 0.4) is 0 Å². The van der Waals surface area contributed by atoms with Crippen LogP contribution < -0.4 is 0 Å². The third kappa shape index (κ3) is 3.75. The second-order valence-corrected chi connectivity index (χ2v) is 6.35. The Morgan fingerprint density at radius 2 is 2.00 bits per heavy atom. The number of hydrogen-bond donors (Lipinski definition) is 0. The van der Waals surface area contributed by atoms with E-state index >= 15 is 0 Å². The maximum Gasteiger partial charge on any atom is 0.409 e. The number of benzene rings is 1. The molecule has 7 nitrogen and oxygen atoms in total. The molecule has 0 N–H and O–H groups in total.